The number of rotatable bonds is 0. The van der Waals surface area contributed by atoms with Crippen LogP contribution in [0.1, 0.15) is 42.5 Å². The second-order valence-corrected chi connectivity index (χ2v) is 9.76. The van der Waals surface area contributed by atoms with E-state index in [1.807, 2.05) is 30.3 Å². The van der Waals surface area contributed by atoms with Crippen LogP contribution >= 0.6 is 0 Å². The fourth-order valence-electron chi connectivity index (χ4n) is 4.87. The van der Waals surface area contributed by atoms with E-state index >= 15 is 0 Å². The van der Waals surface area contributed by atoms with E-state index in [0.29, 0.717) is 25.2 Å². The van der Waals surface area contributed by atoms with Gasteiger partial charge in [0.2, 0.25) is 0 Å². The molecule has 36 heavy (non-hydrogen) atoms. The SMILES string of the molecule is O=C1CCCCOc2cccc(c2)Nc2cc(ncn2)Cc2cccc(c2)CN2CCN(CC1)CC2. The van der Waals surface area contributed by atoms with E-state index in [2.05, 4.69) is 49.4 Å². The summed E-state index contributed by atoms with van der Waals surface area (Å²) >= 11 is 0. The van der Waals surface area contributed by atoms with Gasteiger partial charge in [0.25, 0.3) is 0 Å². The molecule has 0 unspecified atom stereocenters. The van der Waals surface area contributed by atoms with Crippen LogP contribution in [0.4, 0.5) is 11.5 Å². The van der Waals surface area contributed by atoms with Gasteiger partial charge in [0.1, 0.15) is 23.7 Å². The molecule has 188 valence electrons. The Kier molecular flexibility index (Phi) is 8.20. The fraction of sp³-hybridized carbons (Fsp3) is 0.414. The molecule has 1 aromatic heterocycles. The van der Waals surface area contributed by atoms with Crippen molar-refractivity contribution >= 4 is 17.3 Å². The summed E-state index contributed by atoms with van der Waals surface area (Å²) in [5, 5.41) is 3.38. The maximum Gasteiger partial charge on any atom is 0.134 e. The van der Waals surface area contributed by atoms with Crippen LogP contribution < -0.4 is 10.1 Å². The Morgan fingerprint density at radius 3 is 2.56 bits per heavy atom. The molecule has 0 radical (unpaired) electrons. The third kappa shape index (κ3) is 7.12. The molecule has 8 bridgehead atoms. The standard InChI is InChI=1S/C29H35N5O2/c35-27-8-1-2-16-36-28-9-4-7-25(19-28)32-29-20-26(30-22-31-29)18-23-5-3-6-24(17-23)21-34-14-12-33(11-10-27)13-15-34/h3-7,9,17,19-20,22H,1-2,8,10-16,18,21H2,(H,30,31,32). The number of anilines is 2. The van der Waals surface area contributed by atoms with Crippen LogP contribution in [0, 0.1) is 0 Å². The fourth-order valence-corrected chi connectivity index (χ4v) is 4.87. The number of aromatic nitrogens is 2. The number of ether oxygens (including phenoxy) is 1. The number of Topliss-reactive ketones (excluding diaryl/α,β-unsaturated/α-hetero) is 1. The number of hydrogen-bond acceptors (Lipinski definition) is 7. The number of nitrogens with zero attached hydrogens (tertiary/aromatic N) is 4. The highest BCUT2D eigenvalue weighted by atomic mass is 16.5. The Labute approximate surface area is 213 Å². The lowest BCUT2D eigenvalue weighted by Gasteiger charge is -2.34. The number of carbonyl (C=O) groups excluding carboxylic acids is 1. The Morgan fingerprint density at radius 1 is 0.806 bits per heavy atom. The van der Waals surface area contributed by atoms with Crippen molar-refractivity contribution in [3.8, 4) is 5.75 Å². The molecule has 4 heterocycles. The highest BCUT2D eigenvalue weighted by Crippen LogP contribution is 2.22. The van der Waals surface area contributed by atoms with Gasteiger partial charge in [0.05, 0.1) is 12.3 Å². The lowest BCUT2D eigenvalue weighted by atomic mass is 10.1. The summed E-state index contributed by atoms with van der Waals surface area (Å²) in [6, 6.07) is 18.7. The van der Waals surface area contributed by atoms with Gasteiger partial charge in [0, 0.05) is 76.4 Å². The van der Waals surface area contributed by atoms with Gasteiger partial charge in [0.15, 0.2) is 0 Å². The van der Waals surface area contributed by atoms with Gasteiger partial charge in [-0.25, -0.2) is 9.97 Å². The van der Waals surface area contributed by atoms with Crippen molar-refractivity contribution < 1.29 is 9.53 Å². The average Bonchev–Trinajstić information content (AvgIpc) is 2.88. The van der Waals surface area contributed by atoms with Crippen molar-refractivity contribution in [2.45, 2.75) is 38.6 Å². The highest BCUT2D eigenvalue weighted by molar-refractivity contribution is 5.78. The lowest BCUT2D eigenvalue weighted by molar-refractivity contribution is -0.119. The molecule has 0 aliphatic carbocycles. The van der Waals surface area contributed by atoms with Crippen LogP contribution in [0.15, 0.2) is 60.9 Å². The molecule has 0 saturated carbocycles. The van der Waals surface area contributed by atoms with Crippen LogP contribution in [0.5, 0.6) is 5.75 Å². The Bertz CT molecular complexity index is 1160. The smallest absolute Gasteiger partial charge is 0.134 e. The van der Waals surface area contributed by atoms with E-state index in [4.69, 9.17) is 4.74 Å². The maximum atomic E-state index is 12.4. The van der Waals surface area contributed by atoms with Crippen molar-refractivity contribution in [2.24, 2.45) is 0 Å². The molecular formula is C29H35N5O2. The zero-order chi connectivity index (χ0) is 24.6. The summed E-state index contributed by atoms with van der Waals surface area (Å²) in [6.07, 6.45) is 5.41. The molecule has 7 heteroatoms. The van der Waals surface area contributed by atoms with Crippen LogP contribution in [-0.2, 0) is 17.8 Å². The first-order valence-electron chi connectivity index (χ1n) is 13.0. The summed E-state index contributed by atoms with van der Waals surface area (Å²) in [5.74, 6) is 1.93. The molecule has 7 nitrogen and oxygen atoms in total. The molecular weight excluding hydrogens is 450 g/mol. The van der Waals surface area contributed by atoms with Crippen LogP contribution in [0.2, 0.25) is 0 Å². The zero-order valence-corrected chi connectivity index (χ0v) is 20.9. The number of benzene rings is 2. The van der Waals surface area contributed by atoms with Crippen molar-refractivity contribution in [1.29, 1.82) is 0 Å². The Balaban J connectivity index is 1.31. The largest absolute Gasteiger partial charge is 0.494 e. The molecule has 1 saturated heterocycles. The number of piperazine rings is 1. The summed E-state index contributed by atoms with van der Waals surface area (Å²) < 4.78 is 5.94. The molecule has 3 aliphatic rings. The zero-order valence-electron chi connectivity index (χ0n) is 20.9. The second-order valence-electron chi connectivity index (χ2n) is 9.76. The summed E-state index contributed by atoms with van der Waals surface area (Å²) in [6.45, 7) is 6.56. The topological polar surface area (TPSA) is 70.6 Å². The average molecular weight is 486 g/mol. The predicted octanol–water partition coefficient (Wildman–Crippen LogP) is 4.45. The quantitative estimate of drug-likeness (QED) is 0.504. The van der Waals surface area contributed by atoms with Crippen LogP contribution in [-0.4, -0.2) is 64.9 Å². The first-order valence-corrected chi connectivity index (χ1v) is 13.0. The first-order chi connectivity index (χ1) is 17.7. The third-order valence-electron chi connectivity index (χ3n) is 6.90. The van der Waals surface area contributed by atoms with Gasteiger partial charge in [-0.2, -0.15) is 0 Å². The molecule has 2 aromatic carbocycles. The van der Waals surface area contributed by atoms with E-state index in [1.54, 1.807) is 6.33 Å². The minimum absolute atomic E-state index is 0.360. The maximum absolute atomic E-state index is 12.4. The number of hydrogen-bond donors (Lipinski definition) is 1. The molecule has 0 spiro atoms. The minimum Gasteiger partial charge on any atom is -0.494 e. The second kappa shape index (κ2) is 12.1. The van der Waals surface area contributed by atoms with Gasteiger partial charge in [-0.05, 0) is 36.1 Å². The lowest BCUT2D eigenvalue weighted by Crippen LogP contribution is -2.46. The van der Waals surface area contributed by atoms with Crippen molar-refractivity contribution in [3.63, 3.8) is 0 Å². The van der Waals surface area contributed by atoms with Crippen molar-refractivity contribution in [1.82, 2.24) is 19.8 Å². The van der Waals surface area contributed by atoms with Crippen molar-refractivity contribution in [3.05, 3.63) is 77.7 Å². The number of fused-ring (bicyclic) bond motifs is 9. The molecule has 3 aliphatic heterocycles. The van der Waals surface area contributed by atoms with E-state index in [1.165, 1.54) is 11.1 Å². The van der Waals surface area contributed by atoms with Crippen LogP contribution in [0.3, 0.4) is 0 Å². The first kappa shape index (κ1) is 24.4. The number of ketones is 1. The van der Waals surface area contributed by atoms with Crippen molar-refractivity contribution in [2.75, 3.05) is 44.6 Å². The minimum atomic E-state index is 0.360. The van der Waals surface area contributed by atoms with Gasteiger partial charge in [-0.15, -0.1) is 0 Å². The highest BCUT2D eigenvalue weighted by Gasteiger charge is 2.18. The molecule has 0 atom stereocenters. The summed E-state index contributed by atoms with van der Waals surface area (Å²) in [5.41, 5.74) is 4.48. The number of carbonyl (C=O) groups is 1. The summed E-state index contributed by atoms with van der Waals surface area (Å²) in [4.78, 5) is 26.2. The monoisotopic (exact) mass is 485 g/mol. The molecule has 0 amide bonds. The normalized spacial score (nSPS) is 21.6. The molecule has 1 fully saturated rings. The van der Waals surface area contributed by atoms with E-state index in [0.717, 1.165) is 81.5 Å². The third-order valence-corrected chi connectivity index (χ3v) is 6.90. The van der Waals surface area contributed by atoms with Crippen LogP contribution in [0.25, 0.3) is 0 Å². The molecule has 6 rings (SSSR count). The predicted molar refractivity (Wildman–Crippen MR) is 142 cm³/mol. The van der Waals surface area contributed by atoms with E-state index in [-0.39, 0.29) is 0 Å². The molecule has 1 N–H and O–H groups in total. The van der Waals surface area contributed by atoms with Gasteiger partial charge >= 0.3 is 0 Å². The molecule has 3 aromatic rings. The summed E-state index contributed by atoms with van der Waals surface area (Å²) in [7, 11) is 0. The van der Waals surface area contributed by atoms with Gasteiger partial charge in [-0.3, -0.25) is 9.69 Å². The van der Waals surface area contributed by atoms with Gasteiger partial charge in [-0.1, -0.05) is 30.3 Å². The van der Waals surface area contributed by atoms with E-state index < -0.39 is 0 Å². The Morgan fingerprint density at radius 2 is 1.64 bits per heavy atom. The van der Waals surface area contributed by atoms with Gasteiger partial charge < -0.3 is 15.0 Å². The van der Waals surface area contributed by atoms with E-state index in [9.17, 15) is 4.79 Å². The Hall–Kier alpha value is -3.29. The number of nitrogens with one attached hydrogen (secondary N) is 1.